The summed E-state index contributed by atoms with van der Waals surface area (Å²) in [6.07, 6.45) is 1.53. The fourth-order valence-electron chi connectivity index (χ4n) is 1.60. The highest BCUT2D eigenvalue weighted by Gasteiger charge is 2.15. The second kappa shape index (κ2) is 6.47. The van der Waals surface area contributed by atoms with Gasteiger partial charge in [-0.2, -0.15) is 0 Å². The molecule has 0 fully saturated rings. The summed E-state index contributed by atoms with van der Waals surface area (Å²) in [5, 5.41) is 2.50. The molecule has 0 unspecified atom stereocenters. The number of amides is 1. The van der Waals surface area contributed by atoms with Gasteiger partial charge < -0.3 is 10.1 Å². The van der Waals surface area contributed by atoms with Gasteiger partial charge in [-0.25, -0.2) is 9.37 Å². The lowest BCUT2D eigenvalue weighted by Crippen LogP contribution is -2.15. The minimum absolute atomic E-state index is 0.101. The summed E-state index contributed by atoms with van der Waals surface area (Å²) < 4.78 is 19.6. The molecule has 1 aromatic carbocycles. The third kappa shape index (κ3) is 3.33. The van der Waals surface area contributed by atoms with Crippen LogP contribution < -0.4 is 10.1 Å². The van der Waals surface area contributed by atoms with Crippen LogP contribution in [0.2, 0.25) is 0 Å². The van der Waals surface area contributed by atoms with E-state index in [4.69, 9.17) is 4.74 Å². The quantitative estimate of drug-likeness (QED) is 0.925. The molecule has 0 aliphatic heterocycles. The molecular formula is C14H12BrFN2O2. The summed E-state index contributed by atoms with van der Waals surface area (Å²) in [7, 11) is 0. The van der Waals surface area contributed by atoms with Crippen LogP contribution in [0.25, 0.3) is 0 Å². The molecule has 1 N–H and O–H groups in total. The molecule has 20 heavy (non-hydrogen) atoms. The Bertz CT molecular complexity index is 634. The zero-order valence-corrected chi connectivity index (χ0v) is 12.3. The molecule has 6 heteroatoms. The van der Waals surface area contributed by atoms with E-state index in [1.165, 1.54) is 18.3 Å². The second-order valence-electron chi connectivity index (χ2n) is 3.87. The smallest absolute Gasteiger partial charge is 0.261 e. The molecule has 1 amide bonds. The first-order valence-electron chi connectivity index (χ1n) is 5.96. The van der Waals surface area contributed by atoms with Gasteiger partial charge in [0.05, 0.1) is 12.3 Å². The first-order chi connectivity index (χ1) is 9.61. The van der Waals surface area contributed by atoms with Gasteiger partial charge in [0.25, 0.3) is 5.91 Å². The number of nitrogens with zero attached hydrogens (tertiary/aromatic N) is 1. The van der Waals surface area contributed by atoms with E-state index in [2.05, 4.69) is 26.2 Å². The summed E-state index contributed by atoms with van der Waals surface area (Å²) in [6, 6.07) is 7.60. The SMILES string of the molecule is CCOc1ncccc1C(=O)Nc1ccc(Br)cc1F. The van der Waals surface area contributed by atoms with Crippen molar-refractivity contribution < 1.29 is 13.9 Å². The predicted molar refractivity (Wildman–Crippen MR) is 77.5 cm³/mol. The molecule has 4 nitrogen and oxygen atoms in total. The Morgan fingerprint density at radius 1 is 1.45 bits per heavy atom. The van der Waals surface area contributed by atoms with Crippen molar-refractivity contribution in [2.24, 2.45) is 0 Å². The zero-order valence-electron chi connectivity index (χ0n) is 10.7. The summed E-state index contributed by atoms with van der Waals surface area (Å²) in [6.45, 7) is 2.19. The normalized spacial score (nSPS) is 10.2. The lowest BCUT2D eigenvalue weighted by atomic mass is 10.2. The monoisotopic (exact) mass is 338 g/mol. The van der Waals surface area contributed by atoms with Crippen molar-refractivity contribution in [1.82, 2.24) is 4.98 Å². The minimum atomic E-state index is -0.519. The van der Waals surface area contributed by atoms with Crippen molar-refractivity contribution >= 4 is 27.5 Å². The molecule has 1 aromatic heterocycles. The van der Waals surface area contributed by atoms with Crippen LogP contribution in [0.4, 0.5) is 10.1 Å². The van der Waals surface area contributed by atoms with Crippen molar-refractivity contribution in [2.45, 2.75) is 6.92 Å². The van der Waals surface area contributed by atoms with Crippen LogP contribution in [0, 0.1) is 5.82 Å². The lowest BCUT2D eigenvalue weighted by Gasteiger charge is -2.10. The number of pyridine rings is 1. The van der Waals surface area contributed by atoms with Crippen molar-refractivity contribution in [3.05, 3.63) is 52.4 Å². The number of carbonyl (C=O) groups is 1. The van der Waals surface area contributed by atoms with Gasteiger partial charge in [0.15, 0.2) is 0 Å². The van der Waals surface area contributed by atoms with E-state index in [1.807, 2.05) is 0 Å². The topological polar surface area (TPSA) is 51.2 Å². The first kappa shape index (κ1) is 14.5. The number of halogens is 2. The average Bonchev–Trinajstić information content (AvgIpc) is 2.43. The Labute approximate surface area is 124 Å². The molecule has 0 saturated carbocycles. The number of carbonyl (C=O) groups excluding carboxylic acids is 1. The van der Waals surface area contributed by atoms with Gasteiger partial charge in [0, 0.05) is 10.7 Å². The molecule has 0 saturated heterocycles. The molecule has 0 aliphatic rings. The van der Waals surface area contributed by atoms with E-state index in [-0.39, 0.29) is 17.1 Å². The summed E-state index contributed by atoms with van der Waals surface area (Å²) in [5.74, 6) is -0.762. The highest BCUT2D eigenvalue weighted by atomic mass is 79.9. The van der Waals surface area contributed by atoms with E-state index in [9.17, 15) is 9.18 Å². The maximum atomic E-state index is 13.7. The van der Waals surface area contributed by atoms with Gasteiger partial charge in [-0.1, -0.05) is 15.9 Å². The Morgan fingerprint density at radius 2 is 2.25 bits per heavy atom. The average molecular weight is 339 g/mol. The third-order valence-corrected chi connectivity index (χ3v) is 2.97. The summed E-state index contributed by atoms with van der Waals surface area (Å²) in [5.41, 5.74) is 0.362. The van der Waals surface area contributed by atoms with Crippen LogP contribution in [0.15, 0.2) is 41.0 Å². The van der Waals surface area contributed by atoms with Crippen molar-refractivity contribution in [2.75, 3.05) is 11.9 Å². The largest absolute Gasteiger partial charge is 0.477 e. The highest BCUT2D eigenvalue weighted by Crippen LogP contribution is 2.21. The highest BCUT2D eigenvalue weighted by molar-refractivity contribution is 9.10. The Balaban J connectivity index is 2.24. The molecule has 1 heterocycles. The molecule has 0 aliphatic carbocycles. The number of aromatic nitrogens is 1. The van der Waals surface area contributed by atoms with E-state index >= 15 is 0 Å². The van der Waals surface area contributed by atoms with E-state index in [1.54, 1.807) is 25.1 Å². The van der Waals surface area contributed by atoms with Gasteiger partial charge in [-0.15, -0.1) is 0 Å². The number of ether oxygens (including phenoxy) is 1. The number of hydrogen-bond donors (Lipinski definition) is 1. The van der Waals surface area contributed by atoms with E-state index < -0.39 is 11.7 Å². The number of hydrogen-bond acceptors (Lipinski definition) is 3. The lowest BCUT2D eigenvalue weighted by molar-refractivity contribution is 0.102. The second-order valence-corrected chi connectivity index (χ2v) is 4.78. The molecule has 2 rings (SSSR count). The predicted octanol–water partition coefficient (Wildman–Crippen LogP) is 3.63. The van der Waals surface area contributed by atoms with Crippen molar-refractivity contribution in [1.29, 1.82) is 0 Å². The molecular weight excluding hydrogens is 327 g/mol. The zero-order chi connectivity index (χ0) is 14.5. The van der Waals surface area contributed by atoms with Crippen molar-refractivity contribution in [3.8, 4) is 5.88 Å². The Morgan fingerprint density at radius 3 is 2.95 bits per heavy atom. The van der Waals surface area contributed by atoms with Gasteiger partial charge >= 0.3 is 0 Å². The third-order valence-electron chi connectivity index (χ3n) is 2.48. The van der Waals surface area contributed by atoms with Gasteiger partial charge in [0.1, 0.15) is 11.4 Å². The fraction of sp³-hybridized carbons (Fsp3) is 0.143. The number of benzene rings is 1. The molecule has 0 radical (unpaired) electrons. The Kier molecular flexibility index (Phi) is 4.68. The standard InChI is InChI=1S/C14H12BrFN2O2/c1-2-20-14-10(4-3-7-17-14)13(19)18-12-6-5-9(15)8-11(12)16/h3-8H,2H2,1H3,(H,18,19). The maximum absolute atomic E-state index is 13.7. The molecule has 2 aromatic rings. The van der Waals surface area contributed by atoms with Crippen molar-refractivity contribution in [3.63, 3.8) is 0 Å². The first-order valence-corrected chi connectivity index (χ1v) is 6.75. The fourth-order valence-corrected chi connectivity index (χ4v) is 1.93. The number of rotatable bonds is 4. The number of nitrogens with one attached hydrogen (secondary N) is 1. The van der Waals surface area contributed by atoms with Gasteiger partial charge in [0.2, 0.25) is 5.88 Å². The van der Waals surface area contributed by atoms with Crippen LogP contribution in [-0.2, 0) is 0 Å². The van der Waals surface area contributed by atoms with Crippen LogP contribution in [0.1, 0.15) is 17.3 Å². The maximum Gasteiger partial charge on any atom is 0.261 e. The van der Waals surface area contributed by atoms with E-state index in [0.29, 0.717) is 11.1 Å². The molecule has 0 bridgehead atoms. The van der Waals surface area contributed by atoms with Crippen LogP contribution in [-0.4, -0.2) is 17.5 Å². The summed E-state index contributed by atoms with van der Waals surface area (Å²) >= 11 is 3.16. The van der Waals surface area contributed by atoms with Crippen LogP contribution in [0.3, 0.4) is 0 Å². The number of anilines is 1. The van der Waals surface area contributed by atoms with E-state index in [0.717, 1.165) is 0 Å². The van der Waals surface area contributed by atoms with Gasteiger partial charge in [-0.05, 0) is 37.3 Å². The van der Waals surface area contributed by atoms with Crippen LogP contribution in [0.5, 0.6) is 5.88 Å². The minimum Gasteiger partial charge on any atom is -0.477 e. The molecule has 0 spiro atoms. The molecule has 0 atom stereocenters. The molecule has 104 valence electrons. The van der Waals surface area contributed by atoms with Gasteiger partial charge in [-0.3, -0.25) is 4.79 Å². The summed E-state index contributed by atoms with van der Waals surface area (Å²) in [4.78, 5) is 16.1. The Hall–Kier alpha value is -1.95. The van der Waals surface area contributed by atoms with Crippen LogP contribution >= 0.6 is 15.9 Å².